The van der Waals surface area contributed by atoms with Crippen LogP contribution in [0, 0.1) is 23.7 Å². The second kappa shape index (κ2) is 3.60. The molecule has 4 rings (SSSR count). The van der Waals surface area contributed by atoms with Crippen LogP contribution in [0.4, 0.5) is 0 Å². The summed E-state index contributed by atoms with van der Waals surface area (Å²) < 4.78 is 2.13. The van der Waals surface area contributed by atoms with E-state index in [1.165, 1.54) is 37.9 Å². The number of hydrogen-bond donors (Lipinski definition) is 1. The number of imidazole rings is 1. The molecule has 3 heteroatoms. The molecule has 1 aromatic heterocycles. The van der Waals surface area contributed by atoms with Crippen molar-refractivity contribution in [1.82, 2.24) is 9.55 Å². The summed E-state index contributed by atoms with van der Waals surface area (Å²) in [4.78, 5) is 4.48. The van der Waals surface area contributed by atoms with E-state index in [2.05, 4.69) is 16.6 Å². The molecule has 18 heavy (non-hydrogen) atoms. The Labute approximate surface area is 109 Å². The first-order chi connectivity index (χ1) is 8.67. The van der Waals surface area contributed by atoms with E-state index in [4.69, 9.17) is 5.73 Å². The minimum Gasteiger partial charge on any atom is -0.338 e. The lowest BCUT2D eigenvalue weighted by Gasteiger charge is -2.40. The lowest BCUT2D eigenvalue weighted by atomic mass is 9.70. The van der Waals surface area contributed by atoms with Gasteiger partial charge in [0.05, 0.1) is 0 Å². The van der Waals surface area contributed by atoms with Crippen molar-refractivity contribution in [2.24, 2.45) is 36.5 Å². The first-order valence-electron chi connectivity index (χ1n) is 7.42. The van der Waals surface area contributed by atoms with Gasteiger partial charge in [0.2, 0.25) is 0 Å². The number of aryl methyl sites for hydroxylation is 1. The Balaban J connectivity index is 1.60. The van der Waals surface area contributed by atoms with Crippen LogP contribution in [0.25, 0.3) is 0 Å². The van der Waals surface area contributed by atoms with E-state index < -0.39 is 0 Å². The largest absolute Gasteiger partial charge is 0.338 e. The topological polar surface area (TPSA) is 43.8 Å². The van der Waals surface area contributed by atoms with Crippen molar-refractivity contribution in [2.75, 3.05) is 0 Å². The highest BCUT2D eigenvalue weighted by Gasteiger charge is 2.59. The molecule has 0 amide bonds. The summed E-state index contributed by atoms with van der Waals surface area (Å²) in [7, 11) is 2.08. The number of aromatic nitrogens is 2. The van der Waals surface area contributed by atoms with E-state index >= 15 is 0 Å². The van der Waals surface area contributed by atoms with Crippen LogP contribution in [0.1, 0.15) is 37.9 Å². The molecule has 98 valence electrons. The van der Waals surface area contributed by atoms with Crippen molar-refractivity contribution in [3.05, 3.63) is 18.2 Å². The van der Waals surface area contributed by atoms with Gasteiger partial charge in [-0.3, -0.25) is 0 Å². The molecule has 0 saturated heterocycles. The Morgan fingerprint density at radius 3 is 3.06 bits per heavy atom. The van der Waals surface area contributed by atoms with Crippen LogP contribution in [0.15, 0.2) is 12.4 Å². The minimum atomic E-state index is 0.0370. The van der Waals surface area contributed by atoms with E-state index in [1.807, 2.05) is 12.4 Å². The Morgan fingerprint density at radius 1 is 1.44 bits per heavy atom. The Hall–Kier alpha value is -0.830. The maximum Gasteiger partial charge on any atom is 0.110 e. The van der Waals surface area contributed by atoms with Gasteiger partial charge in [-0.2, -0.15) is 0 Å². The molecular formula is C15H23N3. The standard InChI is InChI=1S/C15H23N3/c1-18-6-5-17-14(18)9-15(16)8-10-7-13(15)12-4-2-3-11(10)12/h5-6,10-13H,2-4,7-9,16H2,1H3. The number of nitrogens with two attached hydrogens (primary N) is 1. The first-order valence-corrected chi connectivity index (χ1v) is 7.42. The third kappa shape index (κ3) is 1.37. The number of hydrogen-bond acceptors (Lipinski definition) is 2. The molecule has 0 spiro atoms. The van der Waals surface area contributed by atoms with Crippen molar-refractivity contribution in [1.29, 1.82) is 0 Å². The van der Waals surface area contributed by atoms with Crippen molar-refractivity contribution in [3.63, 3.8) is 0 Å². The van der Waals surface area contributed by atoms with Gasteiger partial charge in [0.15, 0.2) is 0 Å². The first kappa shape index (κ1) is 11.0. The zero-order valence-corrected chi connectivity index (χ0v) is 11.2. The van der Waals surface area contributed by atoms with E-state index in [-0.39, 0.29) is 5.54 Å². The molecule has 3 saturated carbocycles. The fourth-order valence-electron chi connectivity index (χ4n) is 5.38. The lowest BCUT2D eigenvalue weighted by molar-refractivity contribution is 0.153. The fourth-order valence-corrected chi connectivity index (χ4v) is 5.38. The third-order valence-electron chi connectivity index (χ3n) is 6.09. The molecule has 2 N–H and O–H groups in total. The summed E-state index contributed by atoms with van der Waals surface area (Å²) in [6.07, 6.45) is 11.9. The van der Waals surface area contributed by atoms with Gasteiger partial charge in [0.1, 0.15) is 5.82 Å². The van der Waals surface area contributed by atoms with E-state index in [9.17, 15) is 0 Å². The highest BCUT2D eigenvalue weighted by Crippen LogP contribution is 2.62. The summed E-state index contributed by atoms with van der Waals surface area (Å²) in [5.74, 6) is 4.82. The van der Waals surface area contributed by atoms with Crippen molar-refractivity contribution < 1.29 is 0 Å². The summed E-state index contributed by atoms with van der Waals surface area (Å²) in [6.45, 7) is 0. The monoisotopic (exact) mass is 245 g/mol. The van der Waals surface area contributed by atoms with Gasteiger partial charge in [-0.05, 0) is 49.4 Å². The van der Waals surface area contributed by atoms with Gasteiger partial charge in [0.25, 0.3) is 0 Å². The van der Waals surface area contributed by atoms with Gasteiger partial charge in [-0.1, -0.05) is 6.42 Å². The minimum absolute atomic E-state index is 0.0370. The normalized spacial score (nSPS) is 45.7. The molecule has 3 aliphatic carbocycles. The second-order valence-electron chi connectivity index (χ2n) is 6.93. The molecule has 3 nitrogen and oxygen atoms in total. The van der Waals surface area contributed by atoms with Crippen LogP contribution in [0.2, 0.25) is 0 Å². The predicted octanol–water partition coefficient (Wildman–Crippen LogP) is 2.12. The average molecular weight is 245 g/mol. The SMILES string of the molecule is Cn1ccnc1CC1(N)CC2CC1C1CCCC21. The average Bonchev–Trinajstić information content (AvgIpc) is 3.01. The molecule has 0 aliphatic heterocycles. The van der Waals surface area contributed by atoms with Crippen molar-refractivity contribution >= 4 is 0 Å². The van der Waals surface area contributed by atoms with Gasteiger partial charge < -0.3 is 10.3 Å². The maximum absolute atomic E-state index is 6.81. The number of fused-ring (bicyclic) bond motifs is 5. The van der Waals surface area contributed by atoms with Crippen LogP contribution in [-0.4, -0.2) is 15.1 Å². The van der Waals surface area contributed by atoms with Gasteiger partial charge in [-0.25, -0.2) is 4.98 Å². The second-order valence-corrected chi connectivity index (χ2v) is 6.93. The lowest BCUT2D eigenvalue weighted by Crippen LogP contribution is -2.51. The van der Waals surface area contributed by atoms with Crippen molar-refractivity contribution in [2.45, 2.75) is 44.1 Å². The molecule has 3 aliphatic rings. The highest BCUT2D eigenvalue weighted by atomic mass is 15.0. The zero-order chi connectivity index (χ0) is 12.3. The van der Waals surface area contributed by atoms with E-state index in [0.29, 0.717) is 0 Å². The Morgan fingerprint density at radius 2 is 2.28 bits per heavy atom. The fraction of sp³-hybridized carbons (Fsp3) is 0.800. The van der Waals surface area contributed by atoms with E-state index in [1.54, 1.807) is 0 Å². The molecule has 3 fully saturated rings. The van der Waals surface area contributed by atoms with Crippen LogP contribution in [-0.2, 0) is 13.5 Å². The summed E-state index contributed by atoms with van der Waals surface area (Å²) in [5.41, 5.74) is 6.84. The van der Waals surface area contributed by atoms with Gasteiger partial charge in [-0.15, -0.1) is 0 Å². The molecule has 1 heterocycles. The summed E-state index contributed by atoms with van der Waals surface area (Å²) >= 11 is 0. The van der Waals surface area contributed by atoms with Gasteiger partial charge in [0, 0.05) is 31.4 Å². The molecule has 5 unspecified atom stereocenters. The van der Waals surface area contributed by atoms with Crippen LogP contribution in [0.3, 0.4) is 0 Å². The van der Waals surface area contributed by atoms with E-state index in [0.717, 1.165) is 30.1 Å². The summed E-state index contributed by atoms with van der Waals surface area (Å²) in [5, 5.41) is 0. The van der Waals surface area contributed by atoms with Crippen LogP contribution in [0.5, 0.6) is 0 Å². The number of nitrogens with zero attached hydrogens (tertiary/aromatic N) is 2. The van der Waals surface area contributed by atoms with Crippen LogP contribution >= 0.6 is 0 Å². The van der Waals surface area contributed by atoms with Crippen molar-refractivity contribution in [3.8, 4) is 0 Å². The third-order valence-corrected chi connectivity index (χ3v) is 6.09. The Kier molecular flexibility index (Phi) is 2.20. The highest BCUT2D eigenvalue weighted by molar-refractivity contribution is 5.15. The number of rotatable bonds is 2. The molecular weight excluding hydrogens is 222 g/mol. The molecule has 5 atom stereocenters. The summed E-state index contributed by atoms with van der Waals surface area (Å²) in [6, 6.07) is 0. The molecule has 1 aromatic rings. The molecule has 0 radical (unpaired) electrons. The zero-order valence-electron chi connectivity index (χ0n) is 11.2. The quantitative estimate of drug-likeness (QED) is 0.867. The smallest absolute Gasteiger partial charge is 0.110 e. The van der Waals surface area contributed by atoms with Crippen LogP contribution < -0.4 is 5.73 Å². The maximum atomic E-state index is 6.81. The molecule has 0 aromatic carbocycles. The predicted molar refractivity (Wildman–Crippen MR) is 70.9 cm³/mol. The van der Waals surface area contributed by atoms with Gasteiger partial charge >= 0.3 is 0 Å². The molecule has 2 bridgehead atoms. The Bertz CT molecular complexity index is 466.